The molecule has 2 amide bonds. The molecule has 0 aliphatic carbocycles. The molecule has 5 nitrogen and oxygen atoms in total. The largest absolute Gasteiger partial charge is 0.399 e. The Hall–Kier alpha value is -1.88. The van der Waals surface area contributed by atoms with Crippen LogP contribution in [0.5, 0.6) is 0 Å². The van der Waals surface area contributed by atoms with Crippen LogP contribution in [0.25, 0.3) is 0 Å². The fourth-order valence-corrected chi connectivity index (χ4v) is 3.07. The normalized spacial score (nSPS) is 21.1. The van der Waals surface area contributed by atoms with E-state index in [-0.39, 0.29) is 18.0 Å². The first-order valence-electron chi connectivity index (χ1n) is 7.11. The number of likely N-dealkylation sites (tertiary alicyclic amines) is 1. The van der Waals surface area contributed by atoms with Gasteiger partial charge in [-0.05, 0) is 38.0 Å². The average Bonchev–Trinajstić information content (AvgIpc) is 2.71. The fraction of sp³-hybridized carbons (Fsp3) is 0.467. The quantitative estimate of drug-likeness (QED) is 0.658. The molecule has 0 bridgehead atoms. The molecule has 0 radical (unpaired) electrons. The number of benzene rings is 1. The second kappa shape index (κ2) is 4.90. The van der Waals surface area contributed by atoms with E-state index in [4.69, 9.17) is 5.73 Å². The van der Waals surface area contributed by atoms with Crippen LogP contribution in [-0.2, 0) is 0 Å². The zero-order valence-corrected chi connectivity index (χ0v) is 11.6. The molecule has 1 saturated heterocycles. The number of hydrogen-bond acceptors (Lipinski definition) is 4. The summed E-state index contributed by atoms with van der Waals surface area (Å²) in [6.45, 7) is 3.81. The Morgan fingerprint density at radius 2 is 1.70 bits per heavy atom. The topological polar surface area (TPSA) is 66.6 Å². The molecular weight excluding hydrogens is 254 g/mol. The molecule has 0 saturated carbocycles. The van der Waals surface area contributed by atoms with Gasteiger partial charge in [-0.3, -0.25) is 19.4 Å². The SMILES string of the molecule is CC(N1CCCCC1)N1C(=O)c2ccc(N)cc2C1=O. The third kappa shape index (κ3) is 1.98. The number of hydrogen-bond donors (Lipinski definition) is 1. The van der Waals surface area contributed by atoms with Crippen molar-refractivity contribution in [1.82, 2.24) is 9.80 Å². The summed E-state index contributed by atoms with van der Waals surface area (Å²) >= 11 is 0. The maximum absolute atomic E-state index is 12.5. The average molecular weight is 273 g/mol. The van der Waals surface area contributed by atoms with E-state index in [1.165, 1.54) is 11.3 Å². The van der Waals surface area contributed by atoms with Crippen molar-refractivity contribution in [3.8, 4) is 0 Å². The molecule has 1 aromatic rings. The Morgan fingerprint density at radius 3 is 2.40 bits per heavy atom. The molecule has 5 heteroatoms. The highest BCUT2D eigenvalue weighted by molar-refractivity contribution is 6.21. The minimum Gasteiger partial charge on any atom is -0.399 e. The molecule has 0 aromatic heterocycles. The molecule has 2 aliphatic heterocycles. The molecule has 1 aromatic carbocycles. The first-order chi connectivity index (χ1) is 9.59. The van der Waals surface area contributed by atoms with E-state index >= 15 is 0 Å². The van der Waals surface area contributed by atoms with Crippen molar-refractivity contribution in [2.24, 2.45) is 0 Å². The summed E-state index contributed by atoms with van der Waals surface area (Å²) in [5.41, 5.74) is 7.12. The van der Waals surface area contributed by atoms with Crippen LogP contribution in [0.2, 0.25) is 0 Å². The van der Waals surface area contributed by atoms with Gasteiger partial charge in [0.1, 0.15) is 0 Å². The van der Waals surface area contributed by atoms with E-state index in [0.29, 0.717) is 16.8 Å². The minimum atomic E-state index is -0.227. The van der Waals surface area contributed by atoms with E-state index in [9.17, 15) is 9.59 Å². The van der Waals surface area contributed by atoms with Crippen LogP contribution in [0.1, 0.15) is 46.9 Å². The number of rotatable bonds is 2. The number of anilines is 1. The number of piperidine rings is 1. The summed E-state index contributed by atoms with van der Waals surface area (Å²) in [7, 11) is 0. The molecule has 106 valence electrons. The van der Waals surface area contributed by atoms with E-state index < -0.39 is 0 Å². The number of nitrogens with two attached hydrogens (primary N) is 1. The maximum Gasteiger partial charge on any atom is 0.262 e. The van der Waals surface area contributed by atoms with Crippen molar-refractivity contribution in [1.29, 1.82) is 0 Å². The number of imide groups is 1. The van der Waals surface area contributed by atoms with Crippen molar-refractivity contribution >= 4 is 17.5 Å². The highest BCUT2D eigenvalue weighted by Gasteiger charge is 2.40. The van der Waals surface area contributed by atoms with E-state index in [1.807, 2.05) is 6.92 Å². The predicted molar refractivity (Wildman–Crippen MR) is 76.2 cm³/mol. The number of nitrogens with zero attached hydrogens (tertiary/aromatic N) is 2. The van der Waals surface area contributed by atoms with Crippen LogP contribution >= 0.6 is 0 Å². The summed E-state index contributed by atoms with van der Waals surface area (Å²) < 4.78 is 0. The molecule has 2 N–H and O–H groups in total. The monoisotopic (exact) mass is 273 g/mol. The van der Waals surface area contributed by atoms with Gasteiger partial charge in [-0.1, -0.05) is 6.42 Å². The molecule has 1 atom stereocenters. The van der Waals surface area contributed by atoms with E-state index in [1.54, 1.807) is 18.2 Å². The van der Waals surface area contributed by atoms with Crippen LogP contribution < -0.4 is 5.73 Å². The second-order valence-corrected chi connectivity index (χ2v) is 5.51. The lowest BCUT2D eigenvalue weighted by Gasteiger charge is -2.36. The van der Waals surface area contributed by atoms with Gasteiger partial charge in [0.05, 0.1) is 17.3 Å². The lowest BCUT2D eigenvalue weighted by molar-refractivity contribution is 0.0306. The molecule has 1 fully saturated rings. The van der Waals surface area contributed by atoms with Gasteiger partial charge >= 0.3 is 0 Å². The van der Waals surface area contributed by atoms with Crippen LogP contribution in [-0.4, -0.2) is 40.9 Å². The number of amides is 2. The van der Waals surface area contributed by atoms with Gasteiger partial charge < -0.3 is 5.73 Å². The Kier molecular flexibility index (Phi) is 3.22. The van der Waals surface area contributed by atoms with Crippen molar-refractivity contribution in [2.75, 3.05) is 18.8 Å². The zero-order valence-electron chi connectivity index (χ0n) is 11.6. The zero-order chi connectivity index (χ0) is 14.3. The highest BCUT2D eigenvalue weighted by atomic mass is 16.2. The highest BCUT2D eigenvalue weighted by Crippen LogP contribution is 2.28. The number of nitrogen functional groups attached to an aromatic ring is 1. The number of carbonyl (C=O) groups excluding carboxylic acids is 2. The maximum atomic E-state index is 12.5. The van der Waals surface area contributed by atoms with Gasteiger partial charge in [0.2, 0.25) is 0 Å². The Morgan fingerprint density at radius 1 is 1.05 bits per heavy atom. The summed E-state index contributed by atoms with van der Waals surface area (Å²) in [4.78, 5) is 28.5. The van der Waals surface area contributed by atoms with Crippen molar-refractivity contribution < 1.29 is 9.59 Å². The number of carbonyl (C=O) groups is 2. The molecule has 1 unspecified atom stereocenters. The van der Waals surface area contributed by atoms with Crippen molar-refractivity contribution in [2.45, 2.75) is 32.4 Å². The second-order valence-electron chi connectivity index (χ2n) is 5.51. The van der Waals surface area contributed by atoms with Crippen molar-refractivity contribution in [3.63, 3.8) is 0 Å². The van der Waals surface area contributed by atoms with Gasteiger partial charge in [0.15, 0.2) is 0 Å². The molecule has 3 rings (SSSR count). The van der Waals surface area contributed by atoms with Crippen molar-refractivity contribution in [3.05, 3.63) is 29.3 Å². The van der Waals surface area contributed by atoms with E-state index in [0.717, 1.165) is 25.9 Å². The van der Waals surface area contributed by atoms with Gasteiger partial charge in [0.25, 0.3) is 11.8 Å². The third-order valence-corrected chi connectivity index (χ3v) is 4.23. The summed E-state index contributed by atoms with van der Waals surface area (Å²) in [6.07, 6.45) is 3.28. The third-order valence-electron chi connectivity index (χ3n) is 4.23. The smallest absolute Gasteiger partial charge is 0.262 e. The Balaban J connectivity index is 1.89. The summed E-state index contributed by atoms with van der Waals surface area (Å²) in [6, 6.07) is 4.91. The van der Waals surface area contributed by atoms with Gasteiger partial charge in [0, 0.05) is 18.8 Å². The van der Waals surface area contributed by atoms with Gasteiger partial charge in [-0.25, -0.2) is 0 Å². The first kappa shape index (κ1) is 13.1. The Bertz CT molecular complexity index is 564. The predicted octanol–water partition coefficient (Wildman–Crippen LogP) is 1.70. The molecule has 0 spiro atoms. The minimum absolute atomic E-state index is 0.191. The fourth-order valence-electron chi connectivity index (χ4n) is 3.07. The first-order valence-corrected chi connectivity index (χ1v) is 7.11. The number of fused-ring (bicyclic) bond motifs is 1. The summed E-state index contributed by atoms with van der Waals surface area (Å²) in [5, 5.41) is 0. The molecular formula is C15H19N3O2. The van der Waals surface area contributed by atoms with Crippen LogP contribution in [0.3, 0.4) is 0 Å². The molecule has 20 heavy (non-hydrogen) atoms. The summed E-state index contributed by atoms with van der Waals surface area (Å²) in [5.74, 6) is -0.432. The van der Waals surface area contributed by atoms with Gasteiger partial charge in [-0.15, -0.1) is 0 Å². The Labute approximate surface area is 118 Å². The van der Waals surface area contributed by atoms with Gasteiger partial charge in [-0.2, -0.15) is 0 Å². The lowest BCUT2D eigenvalue weighted by atomic mass is 10.1. The molecule has 2 heterocycles. The van der Waals surface area contributed by atoms with E-state index in [2.05, 4.69) is 4.90 Å². The van der Waals surface area contributed by atoms with Crippen LogP contribution in [0, 0.1) is 0 Å². The molecule has 2 aliphatic rings. The van der Waals surface area contributed by atoms with Crippen LogP contribution in [0.15, 0.2) is 18.2 Å². The standard InChI is InChI=1S/C15H19N3O2/c1-10(17-7-3-2-4-8-17)18-14(19)12-6-5-11(16)9-13(12)15(18)20/h5-6,9-10H,2-4,7-8,16H2,1H3. The van der Waals surface area contributed by atoms with Crippen LogP contribution in [0.4, 0.5) is 5.69 Å². The lowest BCUT2D eigenvalue weighted by Crippen LogP contribution is -2.50.